The highest BCUT2D eigenvalue weighted by molar-refractivity contribution is 6.46. The van der Waals surface area contributed by atoms with Gasteiger partial charge in [0.2, 0.25) is 0 Å². The van der Waals surface area contributed by atoms with Crippen LogP contribution in [0.3, 0.4) is 0 Å². The molecule has 10 heteroatoms. The second-order valence-corrected chi connectivity index (χ2v) is 6.17. The SMILES string of the molecule is CB(O)NCCCN(CCCCN(CCCN)B(C)O)B(C)O. The molecule has 0 aliphatic rings. The van der Waals surface area contributed by atoms with Gasteiger partial charge in [-0.3, -0.25) is 0 Å². The summed E-state index contributed by atoms with van der Waals surface area (Å²) >= 11 is 0. The Kier molecular flexibility index (Phi) is 14.2. The van der Waals surface area contributed by atoms with Gasteiger partial charge in [0, 0.05) is 0 Å². The van der Waals surface area contributed by atoms with Crippen LogP contribution in [0.4, 0.5) is 0 Å². The lowest BCUT2D eigenvalue weighted by Crippen LogP contribution is -2.41. The lowest BCUT2D eigenvalue weighted by Gasteiger charge is -2.25. The van der Waals surface area contributed by atoms with Gasteiger partial charge in [-0.05, 0) is 85.4 Å². The number of hydrogen-bond acceptors (Lipinski definition) is 7. The zero-order valence-corrected chi connectivity index (χ0v) is 15.1. The largest absolute Gasteiger partial charge is 0.437 e. The van der Waals surface area contributed by atoms with Gasteiger partial charge in [-0.2, -0.15) is 0 Å². The summed E-state index contributed by atoms with van der Waals surface area (Å²) in [5, 5.41) is 31.7. The van der Waals surface area contributed by atoms with Gasteiger partial charge in [-0.15, -0.1) is 0 Å². The molecule has 0 aromatic rings. The minimum absolute atomic E-state index is 0.444. The van der Waals surface area contributed by atoms with Crippen LogP contribution in [0.25, 0.3) is 0 Å². The third-order valence-corrected chi connectivity index (χ3v) is 3.91. The van der Waals surface area contributed by atoms with E-state index in [2.05, 4.69) is 5.23 Å². The Labute approximate surface area is 143 Å². The Morgan fingerprint density at radius 2 is 1.22 bits per heavy atom. The van der Waals surface area contributed by atoms with Gasteiger partial charge < -0.3 is 35.7 Å². The van der Waals surface area contributed by atoms with Gasteiger partial charge in [0.05, 0.1) is 0 Å². The molecule has 0 fully saturated rings. The number of nitrogens with one attached hydrogen (secondary N) is 1. The van der Waals surface area contributed by atoms with Crippen LogP contribution >= 0.6 is 0 Å². The first kappa shape index (κ1) is 22.9. The third kappa shape index (κ3) is 12.9. The van der Waals surface area contributed by atoms with Gasteiger partial charge in [0.25, 0.3) is 0 Å². The zero-order valence-electron chi connectivity index (χ0n) is 15.1. The summed E-state index contributed by atoms with van der Waals surface area (Å²) in [5.74, 6) is 0. The summed E-state index contributed by atoms with van der Waals surface area (Å²) in [6, 6.07) is 0. The van der Waals surface area contributed by atoms with E-state index >= 15 is 0 Å². The lowest BCUT2D eigenvalue weighted by atomic mass is 9.83. The molecule has 23 heavy (non-hydrogen) atoms. The molecule has 0 saturated carbocycles. The van der Waals surface area contributed by atoms with Gasteiger partial charge >= 0.3 is 21.2 Å². The Balaban J connectivity index is 3.93. The van der Waals surface area contributed by atoms with E-state index in [4.69, 9.17) is 10.8 Å². The fourth-order valence-electron chi connectivity index (χ4n) is 2.49. The molecule has 0 aliphatic carbocycles. The van der Waals surface area contributed by atoms with Crippen molar-refractivity contribution in [3.8, 4) is 0 Å². The van der Waals surface area contributed by atoms with Gasteiger partial charge in [-0.1, -0.05) is 0 Å². The van der Waals surface area contributed by atoms with Crippen molar-refractivity contribution in [1.29, 1.82) is 0 Å². The van der Waals surface area contributed by atoms with Crippen LogP contribution in [-0.2, 0) is 0 Å². The van der Waals surface area contributed by atoms with Crippen molar-refractivity contribution in [3.63, 3.8) is 0 Å². The third-order valence-electron chi connectivity index (χ3n) is 3.91. The Bertz CT molecular complexity index is 277. The fourth-order valence-corrected chi connectivity index (χ4v) is 2.49. The molecular weight excluding hydrogens is 293 g/mol. The number of nitrogens with two attached hydrogens (primary N) is 1. The Morgan fingerprint density at radius 1 is 0.783 bits per heavy atom. The number of rotatable bonds is 15. The van der Waals surface area contributed by atoms with Crippen LogP contribution in [0.15, 0.2) is 0 Å². The molecule has 0 saturated heterocycles. The molecule has 0 spiro atoms. The molecule has 0 aromatic carbocycles. The predicted molar refractivity (Wildman–Crippen MR) is 100 cm³/mol. The molecule has 134 valence electrons. The topological polar surface area (TPSA) is 105 Å². The molecule has 0 radical (unpaired) electrons. The van der Waals surface area contributed by atoms with Crippen LogP contribution in [0.5, 0.6) is 0 Å². The minimum atomic E-state index is -0.491. The molecule has 0 heterocycles. The molecule has 0 aromatic heterocycles. The normalized spacial score (nSPS) is 11.3. The Hall–Kier alpha value is -0.0852. The Morgan fingerprint density at radius 3 is 1.61 bits per heavy atom. The van der Waals surface area contributed by atoms with E-state index in [1.54, 1.807) is 20.5 Å². The summed E-state index contributed by atoms with van der Waals surface area (Å²) in [6.45, 7) is 9.93. The van der Waals surface area contributed by atoms with Crippen molar-refractivity contribution in [2.45, 2.75) is 46.2 Å². The summed E-state index contributed by atoms with van der Waals surface area (Å²) in [6.07, 6.45) is 3.72. The molecule has 0 unspecified atom stereocenters. The van der Waals surface area contributed by atoms with E-state index in [-0.39, 0.29) is 0 Å². The summed E-state index contributed by atoms with van der Waals surface area (Å²) < 4.78 is 0. The van der Waals surface area contributed by atoms with Crippen molar-refractivity contribution in [3.05, 3.63) is 0 Å². The second-order valence-electron chi connectivity index (χ2n) is 6.17. The monoisotopic (exact) mass is 328 g/mol. The molecule has 6 N–H and O–H groups in total. The van der Waals surface area contributed by atoms with Crippen molar-refractivity contribution < 1.29 is 15.1 Å². The highest BCUT2D eigenvalue weighted by Crippen LogP contribution is 2.03. The van der Waals surface area contributed by atoms with Crippen molar-refractivity contribution >= 4 is 21.2 Å². The van der Waals surface area contributed by atoms with Crippen LogP contribution in [0.2, 0.25) is 20.5 Å². The van der Waals surface area contributed by atoms with Gasteiger partial charge in [0.15, 0.2) is 0 Å². The van der Waals surface area contributed by atoms with E-state index in [1.165, 1.54) is 0 Å². The summed E-state index contributed by atoms with van der Waals surface area (Å²) in [7, 11) is -1.40. The highest BCUT2D eigenvalue weighted by atomic mass is 16.2. The minimum Gasteiger partial charge on any atom is -0.437 e. The van der Waals surface area contributed by atoms with Crippen LogP contribution in [0, 0.1) is 0 Å². The molecule has 0 atom stereocenters. The van der Waals surface area contributed by atoms with Crippen molar-refractivity contribution in [1.82, 2.24) is 14.8 Å². The van der Waals surface area contributed by atoms with Crippen LogP contribution in [-0.4, -0.2) is 85.1 Å². The maximum Gasteiger partial charge on any atom is 0.376 e. The highest BCUT2D eigenvalue weighted by Gasteiger charge is 2.17. The zero-order chi connectivity index (χ0) is 17.7. The second kappa shape index (κ2) is 14.3. The van der Waals surface area contributed by atoms with Gasteiger partial charge in [-0.25, -0.2) is 0 Å². The first-order valence-corrected chi connectivity index (χ1v) is 8.84. The van der Waals surface area contributed by atoms with Gasteiger partial charge in [0.1, 0.15) is 0 Å². The molecule has 0 bridgehead atoms. The number of nitrogens with zero attached hydrogens (tertiary/aromatic N) is 2. The average Bonchev–Trinajstić information content (AvgIpc) is 2.47. The average molecular weight is 328 g/mol. The van der Waals surface area contributed by atoms with E-state index in [1.807, 2.05) is 9.62 Å². The number of hydrogen-bond donors (Lipinski definition) is 5. The quantitative estimate of drug-likeness (QED) is 0.195. The van der Waals surface area contributed by atoms with Crippen LogP contribution < -0.4 is 11.0 Å². The van der Waals surface area contributed by atoms with E-state index < -0.39 is 21.2 Å². The predicted octanol–water partition coefficient (Wildman–Crippen LogP) is -0.970. The van der Waals surface area contributed by atoms with Crippen LogP contribution in [0.1, 0.15) is 25.7 Å². The van der Waals surface area contributed by atoms with Crippen molar-refractivity contribution in [2.75, 3.05) is 39.3 Å². The van der Waals surface area contributed by atoms with E-state index in [0.29, 0.717) is 6.54 Å². The van der Waals surface area contributed by atoms with E-state index in [9.17, 15) is 10.0 Å². The molecule has 0 rings (SSSR count). The lowest BCUT2D eigenvalue weighted by molar-refractivity contribution is 0.325. The maximum absolute atomic E-state index is 9.83. The fraction of sp³-hybridized carbons (Fsp3) is 1.00. The smallest absolute Gasteiger partial charge is 0.376 e. The standard InChI is InChI=1S/C13H35B3N4O3/c1-14(21)18-9-7-13-20(16(3)23)11-5-4-10-19(15(2)22)12-6-8-17/h18,21-23H,4-13,17H2,1-3H3. The molecule has 0 amide bonds. The molecular formula is C13H35B3N4O3. The molecule has 7 nitrogen and oxygen atoms in total. The first-order chi connectivity index (χ1) is 10.9. The summed E-state index contributed by atoms with van der Waals surface area (Å²) in [5.41, 5.74) is 5.52. The number of unbranched alkanes of at least 4 members (excludes halogenated alkanes) is 1. The summed E-state index contributed by atoms with van der Waals surface area (Å²) in [4.78, 5) is 4.07. The first-order valence-electron chi connectivity index (χ1n) is 8.84. The van der Waals surface area contributed by atoms with E-state index in [0.717, 1.165) is 58.4 Å². The maximum atomic E-state index is 9.83. The molecule has 0 aliphatic heterocycles. The van der Waals surface area contributed by atoms with Crippen molar-refractivity contribution in [2.24, 2.45) is 5.73 Å².